The number of aromatic carboxylic acids is 1. The van der Waals surface area contributed by atoms with Crippen LogP contribution < -0.4 is 11.1 Å². The van der Waals surface area contributed by atoms with Crippen LogP contribution in [0.2, 0.25) is 0 Å². The molecule has 2 aromatic heterocycles. The molecule has 0 aliphatic heterocycles. The maximum absolute atomic E-state index is 12.5. The first-order valence-electron chi connectivity index (χ1n) is 6.50. The standard InChI is InChI=1S/C15H11N3O4S/c16-13-11(12(18-22-13)10-5-2-6-23-10)14(19)17-9-4-1-3-8(7-9)15(20)21/h1-7H,16H2,(H,17,19)(H,20,21). The average Bonchev–Trinajstić information content (AvgIpc) is 3.16. The van der Waals surface area contributed by atoms with Gasteiger partial charge in [0, 0.05) is 5.69 Å². The summed E-state index contributed by atoms with van der Waals surface area (Å²) < 4.78 is 4.92. The summed E-state index contributed by atoms with van der Waals surface area (Å²) in [7, 11) is 0. The Bertz CT molecular complexity index is 871. The molecule has 0 atom stereocenters. The number of thiophene rings is 1. The number of nitrogens with zero attached hydrogens (tertiary/aromatic N) is 1. The minimum atomic E-state index is -1.08. The fourth-order valence-electron chi connectivity index (χ4n) is 2.03. The Kier molecular flexibility index (Phi) is 3.82. The number of hydrogen-bond acceptors (Lipinski definition) is 6. The summed E-state index contributed by atoms with van der Waals surface area (Å²) in [6.07, 6.45) is 0. The number of benzene rings is 1. The van der Waals surface area contributed by atoms with Gasteiger partial charge in [0.15, 0.2) is 0 Å². The van der Waals surface area contributed by atoms with Crippen molar-refractivity contribution in [3.05, 3.63) is 52.9 Å². The van der Waals surface area contributed by atoms with Gasteiger partial charge in [0.25, 0.3) is 5.91 Å². The van der Waals surface area contributed by atoms with Crippen molar-refractivity contribution in [2.24, 2.45) is 0 Å². The smallest absolute Gasteiger partial charge is 0.335 e. The van der Waals surface area contributed by atoms with Crippen LogP contribution in [0.4, 0.5) is 11.6 Å². The van der Waals surface area contributed by atoms with Crippen molar-refractivity contribution < 1.29 is 19.2 Å². The molecule has 0 bridgehead atoms. The van der Waals surface area contributed by atoms with E-state index in [0.29, 0.717) is 11.4 Å². The van der Waals surface area contributed by atoms with Gasteiger partial charge in [-0.05, 0) is 29.6 Å². The van der Waals surface area contributed by atoms with Gasteiger partial charge in [-0.2, -0.15) is 0 Å². The SMILES string of the molecule is Nc1onc(-c2cccs2)c1C(=O)Nc1cccc(C(=O)O)c1. The van der Waals surface area contributed by atoms with Gasteiger partial charge in [-0.15, -0.1) is 11.3 Å². The van der Waals surface area contributed by atoms with Crippen LogP contribution >= 0.6 is 11.3 Å². The fourth-order valence-corrected chi connectivity index (χ4v) is 2.74. The van der Waals surface area contributed by atoms with Crippen LogP contribution in [0.3, 0.4) is 0 Å². The maximum atomic E-state index is 12.5. The first-order valence-corrected chi connectivity index (χ1v) is 7.38. The lowest BCUT2D eigenvalue weighted by Gasteiger charge is -2.06. The summed E-state index contributed by atoms with van der Waals surface area (Å²) in [6.45, 7) is 0. The zero-order chi connectivity index (χ0) is 16.4. The molecule has 7 nitrogen and oxygen atoms in total. The number of nitrogens with one attached hydrogen (secondary N) is 1. The molecule has 0 aliphatic carbocycles. The second kappa shape index (κ2) is 5.93. The highest BCUT2D eigenvalue weighted by molar-refractivity contribution is 7.13. The molecular weight excluding hydrogens is 318 g/mol. The number of nitrogens with two attached hydrogens (primary N) is 1. The normalized spacial score (nSPS) is 10.4. The molecule has 3 aromatic rings. The Morgan fingerprint density at radius 2 is 2.09 bits per heavy atom. The zero-order valence-corrected chi connectivity index (χ0v) is 12.5. The van der Waals surface area contributed by atoms with Gasteiger partial charge in [0.05, 0.1) is 10.4 Å². The lowest BCUT2D eigenvalue weighted by Crippen LogP contribution is -2.14. The number of carboxylic acids is 1. The second-order valence-electron chi connectivity index (χ2n) is 4.59. The molecule has 116 valence electrons. The van der Waals surface area contributed by atoms with E-state index >= 15 is 0 Å². The summed E-state index contributed by atoms with van der Waals surface area (Å²) in [5, 5.41) is 17.3. The molecule has 2 heterocycles. The molecule has 0 saturated carbocycles. The van der Waals surface area contributed by atoms with Gasteiger partial charge in [-0.3, -0.25) is 4.79 Å². The molecule has 8 heteroatoms. The number of amides is 1. The van der Waals surface area contributed by atoms with E-state index in [2.05, 4.69) is 10.5 Å². The number of carbonyl (C=O) groups is 2. The van der Waals surface area contributed by atoms with E-state index in [1.807, 2.05) is 11.4 Å². The Morgan fingerprint density at radius 1 is 1.26 bits per heavy atom. The van der Waals surface area contributed by atoms with Crippen molar-refractivity contribution in [2.75, 3.05) is 11.1 Å². The molecule has 3 rings (SSSR count). The molecule has 0 unspecified atom stereocenters. The van der Waals surface area contributed by atoms with E-state index in [0.717, 1.165) is 4.88 Å². The highest BCUT2D eigenvalue weighted by atomic mass is 32.1. The number of carbonyl (C=O) groups excluding carboxylic acids is 1. The third-order valence-corrected chi connectivity index (χ3v) is 3.94. The summed E-state index contributed by atoms with van der Waals surface area (Å²) in [5.41, 5.74) is 6.58. The highest BCUT2D eigenvalue weighted by Crippen LogP contribution is 2.31. The van der Waals surface area contributed by atoms with Crippen molar-refractivity contribution in [3.63, 3.8) is 0 Å². The lowest BCUT2D eigenvalue weighted by atomic mass is 10.1. The van der Waals surface area contributed by atoms with Crippen LogP contribution in [0.15, 0.2) is 46.3 Å². The average molecular weight is 329 g/mol. The number of nitrogen functional groups attached to an aromatic ring is 1. The maximum Gasteiger partial charge on any atom is 0.335 e. The monoisotopic (exact) mass is 329 g/mol. The molecule has 0 fully saturated rings. The lowest BCUT2D eigenvalue weighted by molar-refractivity contribution is 0.0696. The van der Waals surface area contributed by atoms with Crippen molar-refractivity contribution in [3.8, 4) is 10.6 Å². The van der Waals surface area contributed by atoms with Gasteiger partial charge in [0.2, 0.25) is 5.88 Å². The van der Waals surface area contributed by atoms with Crippen molar-refractivity contribution in [1.29, 1.82) is 0 Å². The van der Waals surface area contributed by atoms with Crippen molar-refractivity contribution >= 4 is 34.8 Å². The van der Waals surface area contributed by atoms with E-state index in [-0.39, 0.29) is 17.0 Å². The molecule has 4 N–H and O–H groups in total. The summed E-state index contributed by atoms with van der Waals surface area (Å²) >= 11 is 1.40. The van der Waals surface area contributed by atoms with Gasteiger partial charge in [0.1, 0.15) is 11.3 Å². The Hall–Kier alpha value is -3.13. The number of hydrogen-bond donors (Lipinski definition) is 3. The first kappa shape index (κ1) is 14.8. The molecule has 0 saturated heterocycles. The van der Waals surface area contributed by atoms with Gasteiger partial charge >= 0.3 is 5.97 Å². The summed E-state index contributed by atoms with van der Waals surface area (Å²) in [4.78, 5) is 24.2. The van der Waals surface area contributed by atoms with Crippen LogP contribution in [-0.4, -0.2) is 22.1 Å². The Balaban J connectivity index is 1.91. The predicted molar refractivity (Wildman–Crippen MR) is 85.6 cm³/mol. The highest BCUT2D eigenvalue weighted by Gasteiger charge is 2.23. The topological polar surface area (TPSA) is 118 Å². The van der Waals surface area contributed by atoms with E-state index in [1.54, 1.807) is 12.1 Å². The largest absolute Gasteiger partial charge is 0.478 e. The molecule has 23 heavy (non-hydrogen) atoms. The van der Waals surface area contributed by atoms with E-state index < -0.39 is 11.9 Å². The Morgan fingerprint density at radius 3 is 2.78 bits per heavy atom. The summed E-state index contributed by atoms with van der Waals surface area (Å²) in [6, 6.07) is 9.53. The number of aromatic nitrogens is 1. The minimum absolute atomic E-state index is 0.0690. The molecule has 0 aliphatic rings. The number of carboxylic acid groups (broad SMARTS) is 1. The van der Waals surface area contributed by atoms with Crippen molar-refractivity contribution in [1.82, 2.24) is 5.16 Å². The quantitative estimate of drug-likeness (QED) is 0.677. The van der Waals surface area contributed by atoms with Crippen LogP contribution in [-0.2, 0) is 0 Å². The Labute approximate surface area is 134 Å². The predicted octanol–water partition coefficient (Wildman–Crippen LogP) is 2.94. The second-order valence-corrected chi connectivity index (χ2v) is 5.54. The van der Waals surface area contributed by atoms with E-state index in [4.69, 9.17) is 15.4 Å². The van der Waals surface area contributed by atoms with Crippen LogP contribution in [0.1, 0.15) is 20.7 Å². The fraction of sp³-hybridized carbons (Fsp3) is 0. The van der Waals surface area contributed by atoms with Crippen molar-refractivity contribution in [2.45, 2.75) is 0 Å². The van der Waals surface area contributed by atoms with E-state index in [9.17, 15) is 9.59 Å². The minimum Gasteiger partial charge on any atom is -0.478 e. The molecule has 0 spiro atoms. The third-order valence-electron chi connectivity index (χ3n) is 3.07. The summed E-state index contributed by atoms with van der Waals surface area (Å²) in [5.74, 6) is -1.69. The first-order chi connectivity index (χ1) is 11.1. The molecular formula is C15H11N3O4S. The van der Waals surface area contributed by atoms with E-state index in [1.165, 1.54) is 29.5 Å². The van der Waals surface area contributed by atoms with Crippen LogP contribution in [0.25, 0.3) is 10.6 Å². The molecule has 1 aromatic carbocycles. The number of anilines is 2. The van der Waals surface area contributed by atoms with Gasteiger partial charge in [-0.1, -0.05) is 17.3 Å². The van der Waals surface area contributed by atoms with Crippen LogP contribution in [0.5, 0.6) is 0 Å². The zero-order valence-electron chi connectivity index (χ0n) is 11.6. The molecule has 1 amide bonds. The van der Waals surface area contributed by atoms with Crippen LogP contribution in [0, 0.1) is 0 Å². The molecule has 0 radical (unpaired) electrons. The number of rotatable bonds is 4. The van der Waals surface area contributed by atoms with Gasteiger partial charge < -0.3 is 20.7 Å². The third kappa shape index (κ3) is 2.92. The van der Waals surface area contributed by atoms with Gasteiger partial charge in [-0.25, -0.2) is 4.79 Å².